The zero-order chi connectivity index (χ0) is 32.1. The summed E-state index contributed by atoms with van der Waals surface area (Å²) in [6.45, 7) is 8.18. The lowest BCUT2D eigenvalue weighted by molar-refractivity contribution is -0.385. The molecule has 1 unspecified atom stereocenters. The fourth-order valence-corrected chi connectivity index (χ4v) is 5.28. The molecular formula is C31H38FN3O8. The fraction of sp³-hybridized carbons (Fsp3) is 0.419. The van der Waals surface area contributed by atoms with Crippen LogP contribution in [0, 0.1) is 21.3 Å². The lowest BCUT2D eigenvalue weighted by Crippen LogP contribution is -2.37. The first-order chi connectivity index (χ1) is 20.2. The van der Waals surface area contributed by atoms with Crippen molar-refractivity contribution < 1.29 is 37.9 Å². The number of nitrogens with zero attached hydrogens (tertiary/aromatic N) is 2. The van der Waals surface area contributed by atoms with Crippen molar-refractivity contribution in [2.75, 3.05) is 41.5 Å². The maximum atomic E-state index is 15.2. The van der Waals surface area contributed by atoms with Gasteiger partial charge in [-0.1, -0.05) is 19.9 Å². The zero-order valence-corrected chi connectivity index (χ0v) is 25.7. The van der Waals surface area contributed by atoms with Gasteiger partial charge in [-0.25, -0.2) is 14.0 Å². The average Bonchev–Trinajstić information content (AvgIpc) is 2.94. The number of nitrogens with one attached hydrogen (secondary N) is 1. The molecule has 0 bridgehead atoms. The van der Waals surface area contributed by atoms with Crippen molar-refractivity contribution in [3.8, 4) is 11.5 Å². The third-order valence-electron chi connectivity index (χ3n) is 7.08. The van der Waals surface area contributed by atoms with Crippen molar-refractivity contribution in [2.45, 2.75) is 40.2 Å². The molecule has 2 aromatic carbocycles. The molecule has 11 nitrogen and oxygen atoms in total. The summed E-state index contributed by atoms with van der Waals surface area (Å²) in [6.07, 6.45) is 0. The minimum Gasteiger partial charge on any atom is -0.493 e. The predicted octanol–water partition coefficient (Wildman–Crippen LogP) is 4.86. The molecule has 0 aromatic heterocycles. The molecule has 0 fully saturated rings. The van der Waals surface area contributed by atoms with Gasteiger partial charge in [-0.3, -0.25) is 10.1 Å². The van der Waals surface area contributed by atoms with E-state index in [4.69, 9.17) is 18.9 Å². The molecular weight excluding hydrogens is 561 g/mol. The summed E-state index contributed by atoms with van der Waals surface area (Å²) < 4.78 is 36.6. The third kappa shape index (κ3) is 7.69. The quantitative estimate of drug-likeness (QED) is 0.205. The molecule has 3 rings (SSSR count). The third-order valence-corrected chi connectivity index (χ3v) is 7.08. The van der Waals surface area contributed by atoms with Crippen molar-refractivity contribution in [1.29, 1.82) is 0 Å². The largest absolute Gasteiger partial charge is 0.493 e. The topological polar surface area (TPSA) is 129 Å². The van der Waals surface area contributed by atoms with E-state index in [-0.39, 0.29) is 29.0 Å². The van der Waals surface area contributed by atoms with Crippen LogP contribution in [0.2, 0.25) is 0 Å². The summed E-state index contributed by atoms with van der Waals surface area (Å²) >= 11 is 0. The summed E-state index contributed by atoms with van der Waals surface area (Å²) in [6, 6.07) is 8.66. The number of esters is 2. The molecule has 12 heteroatoms. The smallest absolute Gasteiger partial charge is 0.336 e. The number of hydrogen-bond donors (Lipinski definition) is 1. The number of methoxy groups -OCH3 is 3. The normalized spacial score (nSPS) is 15.3. The van der Waals surface area contributed by atoms with Crippen LogP contribution in [0.25, 0.3) is 0 Å². The van der Waals surface area contributed by atoms with Crippen molar-refractivity contribution in [3.05, 3.63) is 86.0 Å². The van der Waals surface area contributed by atoms with E-state index in [1.807, 2.05) is 39.1 Å². The summed E-state index contributed by atoms with van der Waals surface area (Å²) in [5.74, 6) is -2.46. The van der Waals surface area contributed by atoms with Gasteiger partial charge in [0.1, 0.15) is 5.82 Å². The first-order valence-corrected chi connectivity index (χ1v) is 13.5. The zero-order valence-electron chi connectivity index (χ0n) is 25.7. The van der Waals surface area contributed by atoms with E-state index < -0.39 is 34.0 Å². The Balaban J connectivity index is 1.85. The van der Waals surface area contributed by atoms with E-state index in [2.05, 4.69) is 10.2 Å². The lowest BCUT2D eigenvalue weighted by Gasteiger charge is -2.32. The monoisotopic (exact) mass is 599 g/mol. The first kappa shape index (κ1) is 33.1. The Hall–Kier alpha value is -4.45. The molecule has 232 valence electrons. The number of halogens is 1. The molecule has 0 aliphatic carbocycles. The molecule has 1 N–H and O–H groups in total. The van der Waals surface area contributed by atoms with Crippen LogP contribution in [0.15, 0.2) is 58.9 Å². The predicted molar refractivity (Wildman–Crippen MR) is 157 cm³/mol. The maximum Gasteiger partial charge on any atom is 0.336 e. The molecule has 1 atom stereocenters. The van der Waals surface area contributed by atoms with Crippen LogP contribution in [-0.4, -0.2) is 63.3 Å². The highest BCUT2D eigenvalue weighted by molar-refractivity contribution is 6.00. The van der Waals surface area contributed by atoms with Crippen LogP contribution in [-0.2, 0) is 25.6 Å². The second kappa shape index (κ2) is 13.7. The second-order valence-electron chi connectivity index (χ2n) is 11.2. The van der Waals surface area contributed by atoms with Gasteiger partial charge in [0.25, 0.3) is 5.69 Å². The summed E-state index contributed by atoms with van der Waals surface area (Å²) in [4.78, 5) is 39.4. The van der Waals surface area contributed by atoms with Gasteiger partial charge in [0, 0.05) is 47.6 Å². The first-order valence-electron chi connectivity index (χ1n) is 13.5. The SMILES string of the molecule is COC(=O)C1=C(C)NC(C)=C(C(=O)OCC(C)(C)CN(C)Cc2ccc(OC)c(OC)c2)C1c1cc([N+](=O)[O-])ccc1F. The minimum absolute atomic E-state index is 0.000714. The molecule has 0 spiro atoms. The molecule has 1 aliphatic heterocycles. The fourth-order valence-electron chi connectivity index (χ4n) is 5.28. The Kier molecular flexibility index (Phi) is 10.5. The van der Waals surface area contributed by atoms with Gasteiger partial charge in [0.05, 0.1) is 49.9 Å². The Morgan fingerprint density at radius 1 is 1.00 bits per heavy atom. The summed E-state index contributed by atoms with van der Waals surface area (Å²) in [5.41, 5.74) is 0.454. The number of carbonyl (C=O) groups is 2. The van der Waals surface area contributed by atoms with Crippen molar-refractivity contribution in [2.24, 2.45) is 5.41 Å². The van der Waals surface area contributed by atoms with Gasteiger partial charge in [0.15, 0.2) is 11.5 Å². The van der Waals surface area contributed by atoms with E-state index in [1.165, 1.54) is 0 Å². The van der Waals surface area contributed by atoms with E-state index in [0.29, 0.717) is 36.0 Å². The number of dihydropyridines is 1. The van der Waals surface area contributed by atoms with Crippen LogP contribution in [0.3, 0.4) is 0 Å². The molecule has 1 aliphatic rings. The standard InChI is InChI=1S/C31H38FN3O8/c1-18-26(29(36)42-8)28(22-14-21(35(38)39)10-11-23(22)32)27(19(2)33-18)30(37)43-17-31(3,4)16-34(5)15-20-9-12-24(40-6)25(13-20)41-7/h9-14,28,33H,15-17H2,1-8H3. The highest BCUT2D eigenvalue weighted by Gasteiger charge is 2.40. The Bertz CT molecular complexity index is 1470. The molecule has 0 saturated carbocycles. The van der Waals surface area contributed by atoms with Crippen LogP contribution in [0.1, 0.15) is 44.7 Å². The number of hydrogen-bond acceptors (Lipinski definition) is 10. The maximum absolute atomic E-state index is 15.2. The number of non-ortho nitro benzene ring substituents is 1. The number of ether oxygens (including phenoxy) is 4. The minimum atomic E-state index is -1.29. The van der Waals surface area contributed by atoms with E-state index in [0.717, 1.165) is 30.9 Å². The van der Waals surface area contributed by atoms with Gasteiger partial charge in [0.2, 0.25) is 0 Å². The summed E-state index contributed by atoms with van der Waals surface area (Å²) in [5, 5.41) is 14.5. The molecule has 0 saturated heterocycles. The van der Waals surface area contributed by atoms with E-state index in [1.54, 1.807) is 28.1 Å². The highest BCUT2D eigenvalue weighted by atomic mass is 19.1. The Labute approximate surface area is 250 Å². The Morgan fingerprint density at radius 2 is 1.63 bits per heavy atom. The van der Waals surface area contributed by atoms with Crippen LogP contribution < -0.4 is 14.8 Å². The van der Waals surface area contributed by atoms with Crippen molar-refractivity contribution in [3.63, 3.8) is 0 Å². The van der Waals surface area contributed by atoms with Crippen LogP contribution in [0.5, 0.6) is 11.5 Å². The number of carbonyl (C=O) groups excluding carboxylic acids is 2. The van der Waals surface area contributed by atoms with Crippen molar-refractivity contribution in [1.82, 2.24) is 10.2 Å². The van der Waals surface area contributed by atoms with Crippen LogP contribution >= 0.6 is 0 Å². The number of rotatable bonds is 12. The number of nitro groups is 1. The lowest BCUT2D eigenvalue weighted by atomic mass is 9.80. The van der Waals surface area contributed by atoms with E-state index in [9.17, 15) is 19.7 Å². The number of nitro benzene ring substituents is 1. The van der Waals surface area contributed by atoms with Gasteiger partial charge >= 0.3 is 11.9 Å². The Morgan fingerprint density at radius 3 is 2.21 bits per heavy atom. The number of benzene rings is 2. The molecule has 1 heterocycles. The van der Waals surface area contributed by atoms with E-state index >= 15 is 4.39 Å². The van der Waals surface area contributed by atoms with Gasteiger partial charge in [-0.2, -0.15) is 0 Å². The average molecular weight is 600 g/mol. The van der Waals surface area contributed by atoms with Gasteiger partial charge in [-0.15, -0.1) is 0 Å². The van der Waals surface area contributed by atoms with Crippen molar-refractivity contribution >= 4 is 17.6 Å². The van der Waals surface area contributed by atoms with Gasteiger partial charge < -0.3 is 29.2 Å². The second-order valence-corrected chi connectivity index (χ2v) is 11.2. The molecule has 43 heavy (non-hydrogen) atoms. The highest BCUT2D eigenvalue weighted by Crippen LogP contribution is 2.41. The molecule has 2 aromatic rings. The van der Waals surface area contributed by atoms with Crippen LogP contribution in [0.4, 0.5) is 10.1 Å². The summed E-state index contributed by atoms with van der Waals surface area (Å²) in [7, 11) is 6.25. The molecule has 0 amide bonds. The molecule has 0 radical (unpaired) electrons. The number of allylic oxidation sites excluding steroid dienone is 2. The van der Waals surface area contributed by atoms with Gasteiger partial charge in [-0.05, 0) is 44.7 Å².